The Morgan fingerprint density at radius 2 is 2.16 bits per heavy atom. The van der Waals surface area contributed by atoms with Gasteiger partial charge in [-0.15, -0.1) is 0 Å². The van der Waals surface area contributed by atoms with E-state index in [1.54, 1.807) is 0 Å². The van der Waals surface area contributed by atoms with Gasteiger partial charge in [0.2, 0.25) is 0 Å². The minimum atomic E-state index is -1.02. The number of hydrogen-bond acceptors (Lipinski definition) is 4. The predicted octanol–water partition coefficient (Wildman–Crippen LogP) is 2.74. The van der Waals surface area contributed by atoms with Crippen molar-refractivity contribution in [2.24, 2.45) is 5.92 Å². The van der Waals surface area contributed by atoms with E-state index >= 15 is 0 Å². The van der Waals surface area contributed by atoms with Crippen LogP contribution in [0.3, 0.4) is 0 Å². The van der Waals surface area contributed by atoms with Crippen LogP contribution in [0.4, 0.5) is 11.5 Å². The van der Waals surface area contributed by atoms with Crippen LogP contribution in [0.2, 0.25) is 0 Å². The number of nitrogens with two attached hydrogens (primary N) is 1. The van der Waals surface area contributed by atoms with E-state index in [4.69, 9.17) is 10.8 Å². The number of hydrogen-bond donors (Lipinski definition) is 3. The maximum atomic E-state index is 11.0. The SMILES string of the molecule is CC1CCCCCC1Nc1cc(C(=O)O)c(N)cn1. The molecule has 0 spiro atoms. The van der Waals surface area contributed by atoms with Crippen LogP contribution in [0.25, 0.3) is 0 Å². The second kappa shape index (κ2) is 5.91. The van der Waals surface area contributed by atoms with Crippen molar-refractivity contribution in [2.45, 2.75) is 45.1 Å². The van der Waals surface area contributed by atoms with Gasteiger partial charge in [-0.1, -0.05) is 26.2 Å². The van der Waals surface area contributed by atoms with Gasteiger partial charge in [0.05, 0.1) is 17.4 Å². The van der Waals surface area contributed by atoms with Gasteiger partial charge in [0.25, 0.3) is 0 Å². The fourth-order valence-electron chi connectivity index (χ4n) is 2.63. The Morgan fingerprint density at radius 3 is 2.89 bits per heavy atom. The van der Waals surface area contributed by atoms with Crippen molar-refractivity contribution >= 4 is 17.5 Å². The lowest BCUT2D eigenvalue weighted by Crippen LogP contribution is -2.26. The molecule has 2 rings (SSSR count). The van der Waals surface area contributed by atoms with Gasteiger partial charge in [-0.25, -0.2) is 9.78 Å². The molecule has 1 saturated carbocycles. The van der Waals surface area contributed by atoms with Crippen LogP contribution in [0, 0.1) is 5.92 Å². The van der Waals surface area contributed by atoms with E-state index in [9.17, 15) is 4.79 Å². The van der Waals surface area contributed by atoms with Crippen LogP contribution in [-0.2, 0) is 0 Å². The van der Waals surface area contributed by atoms with Crippen molar-refractivity contribution in [1.29, 1.82) is 0 Å². The van der Waals surface area contributed by atoms with E-state index in [0.29, 0.717) is 17.8 Å². The smallest absolute Gasteiger partial charge is 0.337 e. The highest BCUT2D eigenvalue weighted by atomic mass is 16.4. The molecule has 2 unspecified atom stereocenters. The molecule has 2 atom stereocenters. The number of carbonyl (C=O) groups is 1. The van der Waals surface area contributed by atoms with Crippen LogP contribution in [0.5, 0.6) is 0 Å². The molecule has 1 fully saturated rings. The van der Waals surface area contributed by atoms with Gasteiger partial charge in [0.15, 0.2) is 0 Å². The second-order valence-electron chi connectivity index (χ2n) is 5.33. The first-order valence-electron chi connectivity index (χ1n) is 6.83. The fourth-order valence-corrected chi connectivity index (χ4v) is 2.63. The summed E-state index contributed by atoms with van der Waals surface area (Å²) in [4.78, 5) is 15.2. The lowest BCUT2D eigenvalue weighted by atomic mass is 9.97. The summed E-state index contributed by atoms with van der Waals surface area (Å²) < 4.78 is 0. The van der Waals surface area contributed by atoms with Gasteiger partial charge in [0, 0.05) is 6.04 Å². The molecule has 0 aliphatic heterocycles. The molecule has 0 saturated heterocycles. The number of pyridine rings is 1. The molecule has 5 nitrogen and oxygen atoms in total. The molecular weight excluding hydrogens is 242 g/mol. The van der Waals surface area contributed by atoms with Crippen LogP contribution < -0.4 is 11.1 Å². The highest BCUT2D eigenvalue weighted by molar-refractivity contribution is 5.94. The predicted molar refractivity (Wildman–Crippen MR) is 75.3 cm³/mol. The number of nitrogens with one attached hydrogen (secondary N) is 1. The molecular formula is C14H21N3O2. The van der Waals surface area contributed by atoms with E-state index in [0.717, 1.165) is 6.42 Å². The number of carboxylic acids is 1. The molecule has 5 heteroatoms. The van der Waals surface area contributed by atoms with Crippen molar-refractivity contribution in [1.82, 2.24) is 4.98 Å². The third-order valence-corrected chi connectivity index (χ3v) is 3.86. The number of aromatic carboxylic acids is 1. The quantitative estimate of drug-likeness (QED) is 0.730. The molecule has 19 heavy (non-hydrogen) atoms. The maximum Gasteiger partial charge on any atom is 0.337 e. The summed E-state index contributed by atoms with van der Waals surface area (Å²) in [5.74, 6) is 0.164. The third-order valence-electron chi connectivity index (χ3n) is 3.86. The molecule has 0 bridgehead atoms. The van der Waals surface area contributed by atoms with Crippen molar-refractivity contribution in [3.63, 3.8) is 0 Å². The van der Waals surface area contributed by atoms with Gasteiger partial charge in [-0.3, -0.25) is 0 Å². The van der Waals surface area contributed by atoms with Crippen molar-refractivity contribution in [3.05, 3.63) is 17.8 Å². The van der Waals surface area contributed by atoms with Crippen LogP contribution >= 0.6 is 0 Å². The average molecular weight is 263 g/mol. The summed E-state index contributed by atoms with van der Waals surface area (Å²) in [5.41, 5.74) is 5.92. The minimum absolute atomic E-state index is 0.110. The number of anilines is 2. The Kier molecular flexibility index (Phi) is 4.24. The summed E-state index contributed by atoms with van der Waals surface area (Å²) in [6.07, 6.45) is 7.48. The summed E-state index contributed by atoms with van der Waals surface area (Å²) >= 11 is 0. The molecule has 104 valence electrons. The van der Waals surface area contributed by atoms with Gasteiger partial charge >= 0.3 is 5.97 Å². The zero-order valence-corrected chi connectivity index (χ0v) is 11.2. The van der Waals surface area contributed by atoms with E-state index in [2.05, 4.69) is 17.2 Å². The summed E-state index contributed by atoms with van der Waals surface area (Å²) in [7, 11) is 0. The first kappa shape index (κ1) is 13.6. The van der Waals surface area contributed by atoms with E-state index in [1.807, 2.05) is 0 Å². The standard InChI is InChI=1S/C14H21N3O2/c1-9-5-3-2-4-6-12(9)17-13-7-10(14(18)19)11(15)8-16-13/h7-9,12H,2-6,15H2,1H3,(H,16,17)(H,18,19). The van der Waals surface area contributed by atoms with Gasteiger partial charge in [0.1, 0.15) is 5.82 Å². The Balaban J connectivity index is 2.13. The van der Waals surface area contributed by atoms with E-state index in [-0.39, 0.29) is 11.3 Å². The first-order valence-corrected chi connectivity index (χ1v) is 6.83. The zero-order chi connectivity index (χ0) is 13.8. The molecule has 1 heterocycles. The number of nitrogen functional groups attached to an aromatic ring is 1. The van der Waals surface area contributed by atoms with Gasteiger partial charge in [-0.05, 0) is 24.8 Å². The molecule has 1 aromatic heterocycles. The highest BCUT2D eigenvalue weighted by Gasteiger charge is 2.20. The Morgan fingerprint density at radius 1 is 1.42 bits per heavy atom. The Bertz CT molecular complexity index is 462. The average Bonchev–Trinajstić information content (AvgIpc) is 2.57. The largest absolute Gasteiger partial charge is 0.478 e. The van der Waals surface area contributed by atoms with Crippen molar-refractivity contribution < 1.29 is 9.90 Å². The third kappa shape index (κ3) is 3.36. The van der Waals surface area contributed by atoms with Gasteiger partial charge in [-0.2, -0.15) is 0 Å². The summed E-state index contributed by atoms with van der Waals surface area (Å²) in [5, 5.41) is 12.4. The molecule has 0 amide bonds. The van der Waals surface area contributed by atoms with E-state index in [1.165, 1.54) is 37.9 Å². The van der Waals surface area contributed by atoms with E-state index < -0.39 is 5.97 Å². The lowest BCUT2D eigenvalue weighted by Gasteiger charge is -2.23. The molecule has 0 radical (unpaired) electrons. The molecule has 1 aromatic rings. The Labute approximate surface area is 113 Å². The van der Waals surface area contributed by atoms with Crippen LogP contribution in [0.1, 0.15) is 49.4 Å². The maximum absolute atomic E-state index is 11.0. The minimum Gasteiger partial charge on any atom is -0.478 e. The fraction of sp³-hybridized carbons (Fsp3) is 0.571. The van der Waals surface area contributed by atoms with Gasteiger partial charge < -0.3 is 16.2 Å². The van der Waals surface area contributed by atoms with Crippen LogP contribution in [0.15, 0.2) is 12.3 Å². The normalized spacial score (nSPS) is 23.6. The lowest BCUT2D eigenvalue weighted by molar-refractivity contribution is 0.0698. The number of nitrogens with zero attached hydrogens (tertiary/aromatic N) is 1. The molecule has 1 aliphatic rings. The summed E-state index contributed by atoms with van der Waals surface area (Å²) in [6, 6.07) is 1.88. The Hall–Kier alpha value is -1.78. The summed E-state index contributed by atoms with van der Waals surface area (Å²) in [6.45, 7) is 2.23. The number of carboxylic acid groups (broad SMARTS) is 1. The molecule has 4 N–H and O–H groups in total. The highest BCUT2D eigenvalue weighted by Crippen LogP contribution is 2.26. The monoisotopic (exact) mass is 263 g/mol. The number of rotatable bonds is 3. The van der Waals surface area contributed by atoms with Crippen molar-refractivity contribution in [3.8, 4) is 0 Å². The van der Waals surface area contributed by atoms with Crippen molar-refractivity contribution in [2.75, 3.05) is 11.1 Å². The molecule has 0 aromatic carbocycles. The topological polar surface area (TPSA) is 88.2 Å². The molecule has 1 aliphatic carbocycles. The first-order chi connectivity index (χ1) is 9.08. The second-order valence-corrected chi connectivity index (χ2v) is 5.33. The zero-order valence-electron chi connectivity index (χ0n) is 11.2. The number of aromatic nitrogens is 1. The van der Waals surface area contributed by atoms with Crippen LogP contribution in [-0.4, -0.2) is 22.1 Å².